The molecule has 0 saturated heterocycles. The predicted molar refractivity (Wildman–Crippen MR) is 176 cm³/mol. The van der Waals surface area contributed by atoms with Crippen LogP contribution in [0.4, 0.5) is 0 Å². The second-order valence-electron chi connectivity index (χ2n) is 9.26. The number of hydrazone groups is 1. The molecule has 0 unspecified atom stereocenters. The highest BCUT2D eigenvalue weighted by molar-refractivity contribution is 7.80. The first-order chi connectivity index (χ1) is 21.1. The lowest BCUT2D eigenvalue weighted by Crippen LogP contribution is -2.45. The van der Waals surface area contributed by atoms with E-state index in [1.54, 1.807) is 68.4 Å². The second-order valence-corrected chi connectivity index (χ2v) is 11.3. The van der Waals surface area contributed by atoms with E-state index in [0.717, 1.165) is 5.56 Å². The van der Waals surface area contributed by atoms with Gasteiger partial charge in [0.2, 0.25) is 0 Å². The lowest BCUT2D eigenvalue weighted by molar-refractivity contribution is -0.139. The zero-order valence-corrected chi connectivity index (χ0v) is 27.2. The summed E-state index contributed by atoms with van der Waals surface area (Å²) < 4.78 is 16.8. The summed E-state index contributed by atoms with van der Waals surface area (Å²) in [6.45, 7) is 3.48. The van der Waals surface area contributed by atoms with E-state index in [9.17, 15) is 9.59 Å². The quantitative estimate of drug-likeness (QED) is 0.0874. The zero-order chi connectivity index (χ0) is 31.8. The predicted octanol–water partition coefficient (Wildman–Crippen LogP) is 6.76. The lowest BCUT2D eigenvalue weighted by atomic mass is 9.95. The van der Waals surface area contributed by atoms with Crippen LogP contribution in [0.15, 0.2) is 71.0 Å². The van der Waals surface area contributed by atoms with Gasteiger partial charge in [0.15, 0.2) is 17.5 Å². The molecule has 9 nitrogen and oxygen atoms in total. The molecule has 0 radical (unpaired) electrons. The zero-order valence-electron chi connectivity index (χ0n) is 23.4. The Morgan fingerprint density at radius 3 is 2.43 bits per heavy atom. The van der Waals surface area contributed by atoms with Crippen molar-refractivity contribution >= 4 is 81.8 Å². The lowest BCUT2D eigenvalue weighted by Gasteiger charge is -2.30. The number of rotatable bonds is 11. The van der Waals surface area contributed by atoms with E-state index in [1.165, 1.54) is 6.21 Å². The van der Waals surface area contributed by atoms with E-state index in [2.05, 4.69) is 21.2 Å². The fourth-order valence-corrected chi connectivity index (χ4v) is 5.39. The summed E-state index contributed by atoms with van der Waals surface area (Å²) in [5.41, 5.74) is 5.22. The van der Waals surface area contributed by atoms with Gasteiger partial charge < -0.3 is 24.8 Å². The Morgan fingerprint density at radius 2 is 1.73 bits per heavy atom. The van der Waals surface area contributed by atoms with E-state index in [-0.39, 0.29) is 35.6 Å². The van der Waals surface area contributed by atoms with Crippen LogP contribution in [0, 0.1) is 0 Å². The average Bonchev–Trinajstić information content (AvgIpc) is 2.97. The van der Waals surface area contributed by atoms with Gasteiger partial charge in [-0.2, -0.15) is 5.10 Å². The number of nitrogens with zero attached hydrogens (tertiary/aromatic N) is 1. The topological polar surface area (TPSA) is 110 Å². The third-order valence-electron chi connectivity index (χ3n) is 6.14. The first-order valence-corrected chi connectivity index (χ1v) is 15.0. The first kappa shape index (κ1) is 33.4. The van der Waals surface area contributed by atoms with Gasteiger partial charge in [-0.1, -0.05) is 70.7 Å². The van der Waals surface area contributed by atoms with Crippen molar-refractivity contribution in [2.45, 2.75) is 26.5 Å². The van der Waals surface area contributed by atoms with Gasteiger partial charge in [0.1, 0.15) is 12.4 Å². The number of carbonyl (C=O) groups excluding carboxylic acids is 2. The molecule has 0 spiro atoms. The highest BCUT2D eigenvalue weighted by atomic mass is 35.5. The Labute approximate surface area is 279 Å². The molecule has 0 fully saturated rings. The van der Waals surface area contributed by atoms with Crippen molar-refractivity contribution in [1.82, 2.24) is 16.1 Å². The summed E-state index contributed by atoms with van der Waals surface area (Å²) in [6.07, 6.45) is 1.38. The molecule has 3 N–H and O–H groups in total. The Hall–Kier alpha value is -3.54. The molecule has 14 heteroatoms. The van der Waals surface area contributed by atoms with Gasteiger partial charge in [-0.05, 0) is 67.5 Å². The van der Waals surface area contributed by atoms with Crippen molar-refractivity contribution in [3.63, 3.8) is 0 Å². The van der Waals surface area contributed by atoms with Gasteiger partial charge in [0, 0.05) is 11.3 Å². The molecular formula is C30H26Cl4N4O5S. The Bertz CT molecular complexity index is 1630. The summed E-state index contributed by atoms with van der Waals surface area (Å²) >= 11 is 30.1. The van der Waals surface area contributed by atoms with Crippen LogP contribution in [0.25, 0.3) is 0 Å². The van der Waals surface area contributed by atoms with Crippen LogP contribution in [0.5, 0.6) is 11.5 Å². The normalized spacial score (nSPS) is 14.6. The van der Waals surface area contributed by atoms with Gasteiger partial charge in [0.05, 0.1) is 44.5 Å². The van der Waals surface area contributed by atoms with Crippen LogP contribution in [-0.2, 0) is 20.9 Å². The smallest absolute Gasteiger partial charge is 0.338 e. The molecule has 1 aliphatic rings. The fraction of sp³-hybridized carbons (Fsp3) is 0.200. The van der Waals surface area contributed by atoms with Crippen LogP contribution in [0.1, 0.15) is 36.6 Å². The maximum Gasteiger partial charge on any atom is 0.338 e. The van der Waals surface area contributed by atoms with Gasteiger partial charge in [-0.25, -0.2) is 10.2 Å². The molecule has 1 atom stereocenters. The van der Waals surface area contributed by atoms with Gasteiger partial charge in [-0.15, -0.1) is 0 Å². The third-order valence-corrected chi connectivity index (χ3v) is 7.66. The number of hydrogen-bond acceptors (Lipinski definition) is 7. The molecule has 1 amide bonds. The van der Waals surface area contributed by atoms with Crippen molar-refractivity contribution in [1.29, 1.82) is 0 Å². The van der Waals surface area contributed by atoms with Crippen LogP contribution >= 0.6 is 58.6 Å². The van der Waals surface area contributed by atoms with E-state index >= 15 is 0 Å². The molecule has 3 aromatic carbocycles. The van der Waals surface area contributed by atoms with Crippen molar-refractivity contribution < 1.29 is 23.8 Å². The number of ether oxygens (including phenoxy) is 3. The van der Waals surface area contributed by atoms with Crippen molar-refractivity contribution in [3.05, 3.63) is 103 Å². The number of thiocarbonyl (C=S) groups is 1. The van der Waals surface area contributed by atoms with Gasteiger partial charge >= 0.3 is 5.97 Å². The van der Waals surface area contributed by atoms with E-state index in [0.29, 0.717) is 43.3 Å². The van der Waals surface area contributed by atoms with Gasteiger partial charge in [0.25, 0.3) is 5.91 Å². The number of esters is 1. The highest BCUT2D eigenvalue weighted by Gasteiger charge is 2.32. The third kappa shape index (κ3) is 8.55. The molecule has 3 aromatic rings. The molecule has 0 aliphatic carbocycles. The van der Waals surface area contributed by atoms with Gasteiger partial charge in [-0.3, -0.25) is 4.79 Å². The monoisotopic (exact) mass is 694 g/mol. The Kier molecular flexibility index (Phi) is 11.7. The molecular weight excluding hydrogens is 670 g/mol. The molecule has 230 valence electrons. The van der Waals surface area contributed by atoms with Crippen LogP contribution in [0.3, 0.4) is 0 Å². The van der Waals surface area contributed by atoms with E-state index in [1.807, 2.05) is 0 Å². The van der Waals surface area contributed by atoms with Crippen molar-refractivity contribution in [2.75, 3.05) is 13.2 Å². The number of amides is 1. The second kappa shape index (κ2) is 15.5. The molecule has 1 aliphatic heterocycles. The van der Waals surface area contributed by atoms with Crippen molar-refractivity contribution in [2.24, 2.45) is 5.10 Å². The van der Waals surface area contributed by atoms with Crippen LogP contribution in [-0.4, -0.2) is 36.4 Å². The van der Waals surface area contributed by atoms with E-state index in [4.69, 9.17) is 72.8 Å². The van der Waals surface area contributed by atoms with Crippen LogP contribution in [0.2, 0.25) is 20.1 Å². The highest BCUT2D eigenvalue weighted by Crippen LogP contribution is 2.35. The number of benzene rings is 3. The number of allylic oxidation sites excluding steroid dienone is 1. The maximum atomic E-state index is 12.7. The standard InChI is InChI=1S/C30H26Cl4N4O5S/c1-3-41-29(40)26-16(2)36-30(44)37-27(26)19-6-4-5-7-24(19)42-15-25(39)38-35-13-18-11-22(33)28(23(34)12-18)43-14-17-8-9-20(31)21(32)10-17/h4-13,27H,3,14-15H2,1-2H3,(H,38,39)(H2,36,37,44)/t27-/m0/s1. The number of halogens is 4. The maximum absolute atomic E-state index is 12.7. The number of hydrogen-bond donors (Lipinski definition) is 3. The minimum atomic E-state index is -0.648. The Balaban J connectivity index is 1.37. The molecule has 44 heavy (non-hydrogen) atoms. The van der Waals surface area contributed by atoms with Crippen LogP contribution < -0.4 is 25.5 Å². The van der Waals surface area contributed by atoms with E-state index < -0.39 is 17.9 Å². The summed E-state index contributed by atoms with van der Waals surface area (Å²) in [5.74, 6) is -0.363. The first-order valence-electron chi connectivity index (χ1n) is 13.1. The summed E-state index contributed by atoms with van der Waals surface area (Å²) in [4.78, 5) is 25.3. The summed E-state index contributed by atoms with van der Waals surface area (Å²) in [5, 5.41) is 11.7. The SMILES string of the molecule is CCOC(=O)C1=C(C)NC(=S)N[C@H]1c1ccccc1OCC(=O)NN=Cc1cc(Cl)c(OCc2ccc(Cl)c(Cl)c2)c(Cl)c1. The minimum Gasteiger partial charge on any atom is -0.486 e. The number of para-hydroxylation sites is 1. The fourth-order valence-electron chi connectivity index (χ4n) is 4.19. The molecule has 4 rings (SSSR count). The average molecular weight is 696 g/mol. The van der Waals surface area contributed by atoms with Crippen molar-refractivity contribution in [3.8, 4) is 11.5 Å². The molecule has 0 bridgehead atoms. The minimum absolute atomic E-state index is 0.170. The summed E-state index contributed by atoms with van der Waals surface area (Å²) in [7, 11) is 0. The molecule has 1 heterocycles. The summed E-state index contributed by atoms with van der Waals surface area (Å²) in [6, 6.07) is 14.7. The molecule has 0 saturated carbocycles. The Morgan fingerprint density at radius 1 is 1.00 bits per heavy atom. The number of carbonyl (C=O) groups is 2. The molecule has 0 aromatic heterocycles. The number of nitrogens with one attached hydrogen (secondary N) is 3. The largest absolute Gasteiger partial charge is 0.486 e.